The minimum absolute atomic E-state index is 0.103. The minimum atomic E-state index is -0.807. The van der Waals surface area contributed by atoms with E-state index in [1.807, 2.05) is 0 Å². The quantitative estimate of drug-likeness (QED) is 0.0262. The number of hydrogen-bond acceptors (Lipinski definition) is 6. The van der Waals surface area contributed by atoms with Crippen molar-refractivity contribution < 1.29 is 28.6 Å². The standard InChI is InChI=1S/C59H94O6/c1-4-7-10-13-16-19-21-23-24-25-26-27-28-29-30-31-32-33-34-36-37-40-43-46-49-52-58(61)64-55-56(54-63-57(60)51-48-45-42-39-18-15-12-9-6-3)65-59(62)53-50-47-44-41-38-35-22-20-17-14-11-8-5-2/h7-8,10-11,16-17,19-20,23-24,26-27,29-30,32-33,35-38,56H,4-6,9,12-15,18,21-22,25,28,31,34,39-55H2,1-3H3/b10-7-,11-8-,19-16-,20-17-,24-23-,27-26-,30-29-,33-32-,37-36-,38-35-. The molecule has 0 heterocycles. The van der Waals surface area contributed by atoms with Gasteiger partial charge in [0.05, 0.1) is 0 Å². The van der Waals surface area contributed by atoms with Crippen LogP contribution in [0.4, 0.5) is 0 Å². The molecule has 0 amide bonds. The summed E-state index contributed by atoms with van der Waals surface area (Å²) in [6.45, 7) is 6.31. The van der Waals surface area contributed by atoms with Gasteiger partial charge in [0, 0.05) is 19.3 Å². The monoisotopic (exact) mass is 899 g/mol. The summed E-state index contributed by atoms with van der Waals surface area (Å²) in [5, 5.41) is 0. The minimum Gasteiger partial charge on any atom is -0.462 e. The lowest BCUT2D eigenvalue weighted by atomic mass is 10.1. The van der Waals surface area contributed by atoms with Gasteiger partial charge in [-0.15, -0.1) is 0 Å². The van der Waals surface area contributed by atoms with Crippen LogP contribution in [0.2, 0.25) is 0 Å². The third kappa shape index (κ3) is 50.7. The summed E-state index contributed by atoms with van der Waals surface area (Å²) in [6.07, 6.45) is 71.9. The van der Waals surface area contributed by atoms with Gasteiger partial charge >= 0.3 is 17.9 Å². The fourth-order valence-corrected chi connectivity index (χ4v) is 6.61. The molecule has 0 saturated carbocycles. The fraction of sp³-hybridized carbons (Fsp3) is 0.610. The number of allylic oxidation sites excluding steroid dienone is 20. The SMILES string of the molecule is CC/C=C\C/C=C\C/C=C\C/C=C\C/C=C\C/C=C\C/C=C\CCCCCC(=O)OCC(COC(=O)CCCCCCCCCCC)OC(=O)CCCCC/C=C\C/C=C\C/C=C\CC. The highest BCUT2D eigenvalue weighted by molar-refractivity contribution is 5.71. The van der Waals surface area contributed by atoms with Crippen LogP contribution in [0.5, 0.6) is 0 Å². The van der Waals surface area contributed by atoms with E-state index in [0.29, 0.717) is 12.8 Å². The van der Waals surface area contributed by atoms with Gasteiger partial charge in [0.15, 0.2) is 6.10 Å². The van der Waals surface area contributed by atoms with Gasteiger partial charge in [-0.25, -0.2) is 0 Å². The van der Waals surface area contributed by atoms with Crippen LogP contribution in [0.3, 0.4) is 0 Å². The molecular formula is C59H94O6. The highest BCUT2D eigenvalue weighted by Gasteiger charge is 2.19. The molecule has 1 unspecified atom stereocenters. The highest BCUT2D eigenvalue weighted by Crippen LogP contribution is 2.13. The molecule has 0 radical (unpaired) electrons. The molecule has 0 bridgehead atoms. The predicted molar refractivity (Wildman–Crippen MR) is 279 cm³/mol. The van der Waals surface area contributed by atoms with Gasteiger partial charge in [-0.3, -0.25) is 14.4 Å². The van der Waals surface area contributed by atoms with Gasteiger partial charge in [-0.05, 0) is 109 Å². The van der Waals surface area contributed by atoms with Crippen LogP contribution in [-0.4, -0.2) is 37.2 Å². The van der Waals surface area contributed by atoms with Crippen molar-refractivity contribution in [2.45, 2.75) is 219 Å². The third-order valence-electron chi connectivity index (χ3n) is 10.5. The Balaban J connectivity index is 4.39. The molecule has 6 nitrogen and oxygen atoms in total. The van der Waals surface area contributed by atoms with Crippen LogP contribution < -0.4 is 0 Å². The molecule has 0 N–H and O–H groups in total. The Morgan fingerprint density at radius 2 is 0.600 bits per heavy atom. The van der Waals surface area contributed by atoms with Crippen LogP contribution in [0.15, 0.2) is 122 Å². The van der Waals surface area contributed by atoms with Crippen LogP contribution in [0, 0.1) is 0 Å². The van der Waals surface area contributed by atoms with Gasteiger partial charge in [-0.1, -0.05) is 206 Å². The largest absolute Gasteiger partial charge is 0.462 e. The summed E-state index contributed by atoms with van der Waals surface area (Å²) in [5.41, 5.74) is 0. The summed E-state index contributed by atoms with van der Waals surface area (Å²) in [5.74, 6) is -0.978. The predicted octanol–water partition coefficient (Wildman–Crippen LogP) is 17.3. The van der Waals surface area contributed by atoms with E-state index >= 15 is 0 Å². The van der Waals surface area contributed by atoms with Gasteiger partial charge in [0.25, 0.3) is 0 Å². The first-order valence-corrected chi connectivity index (χ1v) is 26.0. The molecule has 0 aliphatic rings. The summed E-state index contributed by atoms with van der Waals surface area (Å²) < 4.78 is 16.7. The lowest BCUT2D eigenvalue weighted by Crippen LogP contribution is -2.30. The molecule has 0 aromatic rings. The number of rotatable bonds is 45. The topological polar surface area (TPSA) is 78.9 Å². The van der Waals surface area contributed by atoms with Crippen molar-refractivity contribution in [3.63, 3.8) is 0 Å². The summed E-state index contributed by atoms with van der Waals surface area (Å²) in [4.78, 5) is 37.9. The Morgan fingerprint density at radius 1 is 0.323 bits per heavy atom. The van der Waals surface area contributed by atoms with Gasteiger partial charge in [0.2, 0.25) is 0 Å². The first kappa shape index (κ1) is 60.8. The molecule has 0 saturated heterocycles. The summed E-state index contributed by atoms with van der Waals surface area (Å²) in [6, 6.07) is 0. The van der Waals surface area contributed by atoms with E-state index in [0.717, 1.165) is 135 Å². The van der Waals surface area contributed by atoms with Crippen molar-refractivity contribution in [1.29, 1.82) is 0 Å². The van der Waals surface area contributed by atoms with Crippen molar-refractivity contribution in [3.8, 4) is 0 Å². The van der Waals surface area contributed by atoms with Crippen molar-refractivity contribution in [1.82, 2.24) is 0 Å². The smallest absolute Gasteiger partial charge is 0.306 e. The maximum absolute atomic E-state index is 12.7. The second-order valence-electron chi connectivity index (χ2n) is 16.7. The lowest BCUT2D eigenvalue weighted by Gasteiger charge is -2.18. The number of hydrogen-bond donors (Lipinski definition) is 0. The summed E-state index contributed by atoms with van der Waals surface area (Å²) in [7, 11) is 0. The van der Waals surface area contributed by atoms with Crippen molar-refractivity contribution >= 4 is 17.9 Å². The molecule has 0 aliphatic carbocycles. The zero-order valence-electron chi connectivity index (χ0n) is 41.7. The maximum atomic E-state index is 12.7. The number of ether oxygens (including phenoxy) is 3. The third-order valence-corrected chi connectivity index (χ3v) is 10.5. The van der Waals surface area contributed by atoms with Crippen LogP contribution in [0.1, 0.15) is 213 Å². The molecule has 0 aromatic heterocycles. The van der Waals surface area contributed by atoms with Crippen molar-refractivity contribution in [2.75, 3.05) is 13.2 Å². The Morgan fingerprint density at radius 3 is 0.938 bits per heavy atom. The Kier molecular flexibility index (Phi) is 49.1. The van der Waals surface area contributed by atoms with E-state index in [1.54, 1.807) is 0 Å². The Bertz CT molecular complexity index is 1400. The van der Waals surface area contributed by atoms with E-state index in [2.05, 4.69) is 142 Å². The second kappa shape index (κ2) is 52.4. The molecule has 0 fully saturated rings. The van der Waals surface area contributed by atoms with Crippen LogP contribution in [0.25, 0.3) is 0 Å². The normalized spacial score (nSPS) is 13.1. The first-order chi connectivity index (χ1) is 32.0. The van der Waals surface area contributed by atoms with Crippen molar-refractivity contribution in [2.24, 2.45) is 0 Å². The Hall–Kier alpha value is -4.19. The zero-order valence-corrected chi connectivity index (χ0v) is 41.7. The molecular weight excluding hydrogens is 805 g/mol. The molecule has 0 spiro atoms. The lowest BCUT2D eigenvalue weighted by molar-refractivity contribution is -0.167. The number of unbranched alkanes of at least 4 members (excludes halogenated alkanes) is 14. The molecule has 0 aliphatic heterocycles. The van der Waals surface area contributed by atoms with Gasteiger partial charge < -0.3 is 14.2 Å². The van der Waals surface area contributed by atoms with E-state index in [4.69, 9.17) is 14.2 Å². The Labute approximate surface area is 399 Å². The molecule has 366 valence electrons. The van der Waals surface area contributed by atoms with Gasteiger partial charge in [-0.2, -0.15) is 0 Å². The molecule has 1 atom stereocenters. The van der Waals surface area contributed by atoms with Crippen LogP contribution in [-0.2, 0) is 28.6 Å². The number of esters is 3. The van der Waals surface area contributed by atoms with Crippen molar-refractivity contribution in [3.05, 3.63) is 122 Å². The van der Waals surface area contributed by atoms with Gasteiger partial charge in [0.1, 0.15) is 13.2 Å². The molecule has 6 heteroatoms. The highest BCUT2D eigenvalue weighted by atomic mass is 16.6. The number of carbonyl (C=O) groups excluding carboxylic acids is 3. The molecule has 0 aromatic carbocycles. The average molecular weight is 899 g/mol. The summed E-state index contributed by atoms with van der Waals surface area (Å²) >= 11 is 0. The number of carbonyl (C=O) groups is 3. The maximum Gasteiger partial charge on any atom is 0.306 e. The molecule has 0 rings (SSSR count). The van der Waals surface area contributed by atoms with E-state index in [1.165, 1.54) is 38.5 Å². The van der Waals surface area contributed by atoms with E-state index in [-0.39, 0.29) is 37.5 Å². The van der Waals surface area contributed by atoms with E-state index in [9.17, 15) is 14.4 Å². The zero-order chi connectivity index (χ0) is 47.2. The molecule has 65 heavy (non-hydrogen) atoms. The second-order valence-corrected chi connectivity index (χ2v) is 16.7. The van der Waals surface area contributed by atoms with Crippen LogP contribution >= 0.6 is 0 Å². The van der Waals surface area contributed by atoms with E-state index < -0.39 is 6.10 Å². The first-order valence-electron chi connectivity index (χ1n) is 26.0. The average Bonchev–Trinajstić information content (AvgIpc) is 3.30. The fourth-order valence-electron chi connectivity index (χ4n) is 6.61.